The van der Waals surface area contributed by atoms with Gasteiger partial charge in [0.1, 0.15) is 0 Å². The van der Waals surface area contributed by atoms with Crippen LogP contribution in [0.15, 0.2) is 42.5 Å². The summed E-state index contributed by atoms with van der Waals surface area (Å²) < 4.78 is 0. The van der Waals surface area contributed by atoms with Gasteiger partial charge < -0.3 is 5.32 Å². The fraction of sp³-hybridized carbons (Fsp3) is 0.333. The molecule has 0 aliphatic carbocycles. The molecule has 0 radical (unpaired) electrons. The quantitative estimate of drug-likeness (QED) is 0.779. The Balaban J connectivity index is 1.90. The van der Waals surface area contributed by atoms with Crippen LogP contribution in [0.25, 0.3) is 10.8 Å². The fourth-order valence-electron chi connectivity index (χ4n) is 1.92. The van der Waals surface area contributed by atoms with Gasteiger partial charge in [-0.15, -0.1) is 0 Å². The topological polar surface area (TPSA) is 12.0 Å². The van der Waals surface area contributed by atoms with E-state index in [0.717, 1.165) is 13.1 Å². The Hall–Kier alpha value is -0.990. The molecule has 1 nitrogen and oxygen atoms in total. The van der Waals surface area contributed by atoms with Gasteiger partial charge in [0.15, 0.2) is 0 Å². The van der Waals surface area contributed by atoms with Crippen LogP contribution in [0.3, 0.4) is 0 Å². The van der Waals surface area contributed by atoms with E-state index in [1.54, 1.807) is 0 Å². The highest BCUT2D eigenvalue weighted by atomic mass is 32.2. The van der Waals surface area contributed by atoms with Crippen molar-refractivity contribution in [2.75, 3.05) is 18.6 Å². The highest BCUT2D eigenvalue weighted by Crippen LogP contribution is 2.15. The van der Waals surface area contributed by atoms with Crippen LogP contribution < -0.4 is 5.32 Å². The number of benzene rings is 2. The van der Waals surface area contributed by atoms with Crippen molar-refractivity contribution in [1.82, 2.24) is 5.32 Å². The SMILES string of the molecule is CSCCCNCc1ccc2ccccc2c1. The first-order valence-corrected chi connectivity index (χ1v) is 7.47. The second-order valence-electron chi connectivity index (χ2n) is 4.20. The molecule has 0 bridgehead atoms. The van der Waals surface area contributed by atoms with Crippen molar-refractivity contribution in [3.05, 3.63) is 48.0 Å². The molecule has 2 aromatic rings. The molecule has 0 atom stereocenters. The van der Waals surface area contributed by atoms with Gasteiger partial charge in [-0.1, -0.05) is 36.4 Å². The third-order valence-electron chi connectivity index (χ3n) is 2.85. The maximum atomic E-state index is 3.49. The number of thioether (sulfide) groups is 1. The average Bonchev–Trinajstić information content (AvgIpc) is 2.38. The summed E-state index contributed by atoms with van der Waals surface area (Å²) in [4.78, 5) is 0. The van der Waals surface area contributed by atoms with Crippen molar-refractivity contribution < 1.29 is 0 Å². The van der Waals surface area contributed by atoms with Crippen molar-refractivity contribution >= 4 is 22.5 Å². The predicted molar refractivity (Wildman–Crippen MR) is 78.7 cm³/mol. The Morgan fingerprint density at radius 2 is 1.88 bits per heavy atom. The van der Waals surface area contributed by atoms with Gasteiger partial charge in [0, 0.05) is 6.54 Å². The molecule has 0 heterocycles. The number of hydrogen-bond donors (Lipinski definition) is 1. The Bertz CT molecular complexity index is 467. The van der Waals surface area contributed by atoms with Crippen LogP contribution in [0.2, 0.25) is 0 Å². The Morgan fingerprint density at radius 1 is 1.06 bits per heavy atom. The minimum Gasteiger partial charge on any atom is -0.313 e. The number of fused-ring (bicyclic) bond motifs is 1. The number of hydrogen-bond acceptors (Lipinski definition) is 2. The van der Waals surface area contributed by atoms with Gasteiger partial charge in [0.05, 0.1) is 0 Å². The zero-order valence-corrected chi connectivity index (χ0v) is 11.1. The third-order valence-corrected chi connectivity index (χ3v) is 3.54. The van der Waals surface area contributed by atoms with Crippen molar-refractivity contribution in [2.24, 2.45) is 0 Å². The minimum absolute atomic E-state index is 0.971. The molecule has 0 aliphatic rings. The van der Waals surface area contributed by atoms with E-state index in [1.165, 1.54) is 28.5 Å². The van der Waals surface area contributed by atoms with Crippen LogP contribution in [0.1, 0.15) is 12.0 Å². The summed E-state index contributed by atoms with van der Waals surface area (Å²) in [6.45, 7) is 2.08. The van der Waals surface area contributed by atoms with Crippen molar-refractivity contribution in [3.8, 4) is 0 Å². The molecule has 0 unspecified atom stereocenters. The van der Waals surface area contributed by atoms with Gasteiger partial charge in [-0.25, -0.2) is 0 Å². The monoisotopic (exact) mass is 245 g/mol. The Kier molecular flexibility index (Phi) is 4.89. The van der Waals surface area contributed by atoms with Crippen LogP contribution in [-0.4, -0.2) is 18.6 Å². The van der Waals surface area contributed by atoms with Gasteiger partial charge >= 0.3 is 0 Å². The van der Waals surface area contributed by atoms with E-state index < -0.39 is 0 Å². The first-order valence-electron chi connectivity index (χ1n) is 6.07. The van der Waals surface area contributed by atoms with E-state index in [1.807, 2.05) is 11.8 Å². The van der Waals surface area contributed by atoms with E-state index in [4.69, 9.17) is 0 Å². The summed E-state index contributed by atoms with van der Waals surface area (Å²) in [7, 11) is 0. The standard InChI is InChI=1S/C15H19NS/c1-17-10-4-9-16-12-13-7-8-14-5-2-3-6-15(14)11-13/h2-3,5-8,11,16H,4,9-10,12H2,1H3. The number of nitrogens with one attached hydrogen (secondary N) is 1. The van der Waals surface area contributed by atoms with Crippen LogP contribution >= 0.6 is 11.8 Å². The molecule has 0 saturated heterocycles. The fourth-order valence-corrected chi connectivity index (χ4v) is 2.36. The van der Waals surface area contributed by atoms with Crippen LogP contribution in [0.4, 0.5) is 0 Å². The molecule has 0 amide bonds. The molecule has 0 fully saturated rings. The lowest BCUT2D eigenvalue weighted by atomic mass is 10.1. The largest absolute Gasteiger partial charge is 0.313 e. The van der Waals surface area contributed by atoms with Gasteiger partial charge in [-0.05, 0) is 47.4 Å². The summed E-state index contributed by atoms with van der Waals surface area (Å²) in [5.41, 5.74) is 1.37. The molecule has 1 N–H and O–H groups in total. The zero-order chi connectivity index (χ0) is 11.9. The van der Waals surface area contributed by atoms with Crippen molar-refractivity contribution in [1.29, 1.82) is 0 Å². The second kappa shape index (κ2) is 6.67. The molecular weight excluding hydrogens is 226 g/mol. The van der Waals surface area contributed by atoms with Crippen molar-refractivity contribution in [3.63, 3.8) is 0 Å². The normalized spacial score (nSPS) is 10.9. The Morgan fingerprint density at radius 3 is 2.71 bits per heavy atom. The summed E-state index contributed by atoms with van der Waals surface area (Å²) >= 11 is 1.91. The van der Waals surface area contributed by atoms with Gasteiger partial charge in [-0.2, -0.15) is 11.8 Å². The maximum Gasteiger partial charge on any atom is 0.0205 e. The van der Waals surface area contributed by atoms with E-state index in [9.17, 15) is 0 Å². The lowest BCUT2D eigenvalue weighted by Gasteiger charge is -2.05. The number of rotatable bonds is 6. The molecule has 0 aromatic heterocycles. The molecule has 17 heavy (non-hydrogen) atoms. The van der Waals surface area contributed by atoms with E-state index >= 15 is 0 Å². The van der Waals surface area contributed by atoms with Gasteiger partial charge in [0.25, 0.3) is 0 Å². The van der Waals surface area contributed by atoms with Gasteiger partial charge in [0.2, 0.25) is 0 Å². The lowest BCUT2D eigenvalue weighted by Crippen LogP contribution is -2.15. The summed E-state index contributed by atoms with van der Waals surface area (Å²) in [5.74, 6) is 1.24. The van der Waals surface area contributed by atoms with Gasteiger partial charge in [-0.3, -0.25) is 0 Å². The minimum atomic E-state index is 0.971. The molecular formula is C15H19NS. The van der Waals surface area contributed by atoms with E-state index in [2.05, 4.69) is 54.0 Å². The molecule has 2 aromatic carbocycles. The second-order valence-corrected chi connectivity index (χ2v) is 5.19. The van der Waals surface area contributed by atoms with Crippen LogP contribution in [0.5, 0.6) is 0 Å². The first kappa shape index (κ1) is 12.5. The molecule has 0 spiro atoms. The van der Waals surface area contributed by atoms with Crippen molar-refractivity contribution in [2.45, 2.75) is 13.0 Å². The Labute approximate surface area is 108 Å². The molecule has 90 valence electrons. The van der Waals surface area contributed by atoms with Crippen LogP contribution in [-0.2, 0) is 6.54 Å². The first-order chi connectivity index (χ1) is 8.40. The summed E-state index contributed by atoms with van der Waals surface area (Å²) in [6, 6.07) is 15.2. The molecule has 2 heteroatoms. The summed E-state index contributed by atoms with van der Waals surface area (Å²) in [5, 5.41) is 6.14. The van der Waals surface area contributed by atoms with E-state index in [0.29, 0.717) is 0 Å². The predicted octanol–water partition coefficient (Wildman–Crippen LogP) is 3.68. The smallest absolute Gasteiger partial charge is 0.0205 e. The average molecular weight is 245 g/mol. The zero-order valence-electron chi connectivity index (χ0n) is 10.3. The molecule has 0 saturated carbocycles. The third kappa shape index (κ3) is 3.76. The highest BCUT2D eigenvalue weighted by molar-refractivity contribution is 7.98. The lowest BCUT2D eigenvalue weighted by molar-refractivity contribution is 0.679. The molecule has 0 aliphatic heterocycles. The summed E-state index contributed by atoms with van der Waals surface area (Å²) in [6.07, 6.45) is 3.40. The molecule has 2 rings (SSSR count). The van der Waals surface area contributed by atoms with Crippen LogP contribution in [0, 0.1) is 0 Å². The maximum absolute atomic E-state index is 3.49. The van der Waals surface area contributed by atoms with E-state index in [-0.39, 0.29) is 0 Å². The highest BCUT2D eigenvalue weighted by Gasteiger charge is 1.95.